The molecule has 1 fully saturated rings. The highest BCUT2D eigenvalue weighted by Crippen LogP contribution is 2.25. The van der Waals surface area contributed by atoms with Crippen LogP contribution in [0.25, 0.3) is 0 Å². The number of nitrogens with zero attached hydrogens (tertiary/aromatic N) is 3. The summed E-state index contributed by atoms with van der Waals surface area (Å²) in [7, 11) is -3.53. The predicted octanol–water partition coefficient (Wildman–Crippen LogP) is 2.94. The monoisotopic (exact) mass is 375 g/mol. The number of sulfonamides is 1. The van der Waals surface area contributed by atoms with Gasteiger partial charge >= 0.3 is 0 Å². The average molecular weight is 375 g/mol. The third-order valence-corrected chi connectivity index (χ3v) is 6.54. The number of hydrogen-bond donors (Lipinski definition) is 0. The van der Waals surface area contributed by atoms with Crippen LogP contribution in [0.3, 0.4) is 0 Å². The first-order chi connectivity index (χ1) is 12.3. The van der Waals surface area contributed by atoms with Crippen LogP contribution < -0.4 is 4.74 Å². The van der Waals surface area contributed by atoms with Crippen LogP contribution in [0, 0.1) is 27.7 Å². The molecule has 1 aliphatic heterocycles. The molecule has 6 nitrogen and oxygen atoms in total. The Labute approximate surface area is 155 Å². The van der Waals surface area contributed by atoms with Crippen LogP contribution in [-0.4, -0.2) is 41.9 Å². The topological polar surface area (TPSA) is 72.4 Å². The Bertz CT molecular complexity index is 892. The molecular formula is C19H25N3O3S. The predicted molar refractivity (Wildman–Crippen MR) is 99.8 cm³/mol. The number of hydrogen-bond acceptors (Lipinski definition) is 5. The van der Waals surface area contributed by atoms with Gasteiger partial charge in [-0.1, -0.05) is 17.7 Å². The normalized spacial score (nSPS) is 18.7. The fourth-order valence-electron chi connectivity index (χ4n) is 3.36. The quantitative estimate of drug-likeness (QED) is 0.821. The second kappa shape index (κ2) is 7.32. The van der Waals surface area contributed by atoms with Gasteiger partial charge in [0.05, 0.1) is 11.4 Å². The summed E-state index contributed by atoms with van der Waals surface area (Å²) < 4.78 is 33.6. The Morgan fingerprint density at radius 3 is 2.58 bits per heavy atom. The lowest BCUT2D eigenvalue weighted by Crippen LogP contribution is -2.44. The molecule has 0 spiro atoms. The number of aryl methyl sites for hydroxylation is 4. The van der Waals surface area contributed by atoms with E-state index < -0.39 is 10.0 Å². The molecule has 1 saturated heterocycles. The average Bonchev–Trinajstić information content (AvgIpc) is 2.53. The van der Waals surface area contributed by atoms with E-state index in [0.717, 1.165) is 29.7 Å². The van der Waals surface area contributed by atoms with Crippen molar-refractivity contribution >= 4 is 10.0 Å². The third kappa shape index (κ3) is 4.04. The molecule has 3 rings (SSSR count). The van der Waals surface area contributed by atoms with E-state index in [2.05, 4.69) is 9.97 Å². The van der Waals surface area contributed by atoms with Crippen LogP contribution in [0.4, 0.5) is 0 Å². The minimum atomic E-state index is -3.53. The molecule has 0 amide bonds. The first-order valence-corrected chi connectivity index (χ1v) is 10.3. The fourth-order valence-corrected chi connectivity index (χ4v) is 5.08. The Morgan fingerprint density at radius 2 is 1.88 bits per heavy atom. The summed E-state index contributed by atoms with van der Waals surface area (Å²) in [6.45, 7) is 8.34. The minimum absolute atomic E-state index is 0.210. The molecule has 1 atom stereocenters. The highest BCUT2D eigenvalue weighted by Gasteiger charge is 2.32. The Kier molecular flexibility index (Phi) is 5.29. The molecule has 0 saturated carbocycles. The van der Waals surface area contributed by atoms with Crippen molar-refractivity contribution in [2.24, 2.45) is 0 Å². The highest BCUT2D eigenvalue weighted by atomic mass is 32.2. The molecule has 2 heterocycles. The van der Waals surface area contributed by atoms with Crippen LogP contribution in [0.1, 0.15) is 35.5 Å². The summed E-state index contributed by atoms with van der Waals surface area (Å²) >= 11 is 0. The lowest BCUT2D eigenvalue weighted by Gasteiger charge is -2.32. The summed E-state index contributed by atoms with van der Waals surface area (Å²) in [5.41, 5.74) is 2.66. The molecule has 0 bridgehead atoms. The number of aromatic nitrogens is 2. The molecular weight excluding hydrogens is 350 g/mol. The minimum Gasteiger partial charge on any atom is -0.473 e. The molecule has 1 aromatic carbocycles. The molecule has 1 unspecified atom stereocenters. The zero-order valence-corrected chi connectivity index (χ0v) is 16.5. The van der Waals surface area contributed by atoms with E-state index in [-0.39, 0.29) is 6.10 Å². The molecule has 0 radical (unpaired) electrons. The highest BCUT2D eigenvalue weighted by molar-refractivity contribution is 7.89. The van der Waals surface area contributed by atoms with Crippen LogP contribution in [0.2, 0.25) is 0 Å². The number of benzene rings is 1. The van der Waals surface area contributed by atoms with Gasteiger partial charge in [0.15, 0.2) is 0 Å². The first kappa shape index (κ1) is 18.8. The maximum absolute atomic E-state index is 13.1. The number of rotatable bonds is 4. The van der Waals surface area contributed by atoms with E-state index in [1.807, 2.05) is 39.8 Å². The van der Waals surface area contributed by atoms with Gasteiger partial charge in [-0.3, -0.25) is 0 Å². The number of ether oxygens (including phenoxy) is 1. The van der Waals surface area contributed by atoms with Crippen molar-refractivity contribution in [1.82, 2.24) is 14.3 Å². The molecule has 140 valence electrons. The molecule has 7 heteroatoms. The summed E-state index contributed by atoms with van der Waals surface area (Å²) in [5.74, 6) is 1.15. The van der Waals surface area contributed by atoms with Crippen molar-refractivity contribution in [3.05, 3.63) is 46.9 Å². The SMILES string of the molecule is Cc1ccc(S(=O)(=O)N2CCCC(Oc3cc(C)nc(C)n3)C2)c(C)c1. The Morgan fingerprint density at radius 1 is 1.12 bits per heavy atom. The maximum atomic E-state index is 13.1. The summed E-state index contributed by atoms with van der Waals surface area (Å²) in [5, 5.41) is 0. The van der Waals surface area contributed by atoms with Gasteiger partial charge in [0, 0.05) is 18.3 Å². The Hall–Kier alpha value is -1.99. The van der Waals surface area contributed by atoms with Gasteiger partial charge in [0.25, 0.3) is 0 Å². The van der Waals surface area contributed by atoms with Crippen LogP contribution in [-0.2, 0) is 10.0 Å². The standard InChI is InChI=1S/C19H25N3O3S/c1-13-7-8-18(14(2)10-13)26(23,24)22-9-5-6-17(12-22)25-19-11-15(3)20-16(4)21-19/h7-8,10-11,17H,5-6,9,12H2,1-4H3. The largest absolute Gasteiger partial charge is 0.473 e. The van der Waals surface area contributed by atoms with Crippen molar-refractivity contribution in [3.63, 3.8) is 0 Å². The number of piperidine rings is 1. The van der Waals surface area contributed by atoms with Gasteiger partial charge in [0.2, 0.25) is 15.9 Å². The van der Waals surface area contributed by atoms with Crippen molar-refractivity contribution in [2.45, 2.75) is 51.5 Å². The van der Waals surface area contributed by atoms with Gasteiger partial charge in [-0.05, 0) is 52.2 Å². The van der Waals surface area contributed by atoms with Gasteiger partial charge in [-0.25, -0.2) is 13.4 Å². The molecule has 26 heavy (non-hydrogen) atoms. The smallest absolute Gasteiger partial charge is 0.243 e. The lowest BCUT2D eigenvalue weighted by atomic mass is 10.1. The Balaban J connectivity index is 1.79. The van der Waals surface area contributed by atoms with Crippen LogP contribution >= 0.6 is 0 Å². The molecule has 0 N–H and O–H groups in total. The van der Waals surface area contributed by atoms with E-state index in [1.54, 1.807) is 12.1 Å². The molecule has 1 aromatic heterocycles. The van der Waals surface area contributed by atoms with Crippen molar-refractivity contribution in [2.75, 3.05) is 13.1 Å². The second-order valence-electron chi connectivity index (χ2n) is 6.91. The molecule has 2 aromatic rings. The van der Waals surface area contributed by atoms with Crippen molar-refractivity contribution < 1.29 is 13.2 Å². The first-order valence-electron chi connectivity index (χ1n) is 8.82. The van der Waals surface area contributed by atoms with Gasteiger partial charge < -0.3 is 4.74 Å². The van der Waals surface area contributed by atoms with E-state index in [1.165, 1.54) is 4.31 Å². The summed E-state index contributed by atoms with van der Waals surface area (Å²) in [4.78, 5) is 8.91. The fraction of sp³-hybridized carbons (Fsp3) is 0.474. The van der Waals surface area contributed by atoms with E-state index in [0.29, 0.717) is 29.7 Å². The van der Waals surface area contributed by atoms with Gasteiger partial charge in [0.1, 0.15) is 11.9 Å². The van der Waals surface area contributed by atoms with Crippen molar-refractivity contribution in [1.29, 1.82) is 0 Å². The van der Waals surface area contributed by atoms with Crippen molar-refractivity contribution in [3.8, 4) is 5.88 Å². The van der Waals surface area contributed by atoms with Gasteiger partial charge in [-0.15, -0.1) is 0 Å². The second-order valence-corrected chi connectivity index (χ2v) is 8.82. The zero-order valence-electron chi connectivity index (χ0n) is 15.7. The molecule has 1 aliphatic rings. The zero-order chi connectivity index (χ0) is 18.9. The van der Waals surface area contributed by atoms with Crippen LogP contribution in [0.15, 0.2) is 29.2 Å². The third-order valence-electron chi connectivity index (χ3n) is 4.52. The van der Waals surface area contributed by atoms with E-state index >= 15 is 0 Å². The summed E-state index contributed by atoms with van der Waals surface area (Å²) in [6.07, 6.45) is 1.36. The van der Waals surface area contributed by atoms with E-state index in [4.69, 9.17) is 4.74 Å². The van der Waals surface area contributed by atoms with E-state index in [9.17, 15) is 8.42 Å². The maximum Gasteiger partial charge on any atom is 0.243 e. The van der Waals surface area contributed by atoms with Gasteiger partial charge in [-0.2, -0.15) is 9.29 Å². The molecule has 0 aliphatic carbocycles. The lowest BCUT2D eigenvalue weighted by molar-refractivity contribution is 0.124. The summed E-state index contributed by atoms with van der Waals surface area (Å²) in [6, 6.07) is 7.22. The van der Waals surface area contributed by atoms with Crippen LogP contribution in [0.5, 0.6) is 5.88 Å².